The topological polar surface area (TPSA) is 84.2 Å². The molecule has 15 heavy (non-hydrogen) atoms. The molecule has 0 aromatic rings. The number of nitrogens with one attached hydrogen (secondary N) is 2. The first-order valence-electron chi connectivity index (χ1n) is 5.14. The summed E-state index contributed by atoms with van der Waals surface area (Å²) in [6.07, 6.45) is 2.29. The van der Waals surface area contributed by atoms with Crippen molar-refractivity contribution in [3.63, 3.8) is 0 Å². The molecule has 1 aliphatic heterocycles. The normalized spacial score (nSPS) is 27.3. The molecule has 0 bridgehead atoms. The minimum Gasteiger partial charge on any atom is -0.350 e. The molecule has 2 atom stereocenters. The third kappa shape index (κ3) is 2.63. The number of carbonyl (C=O) groups is 2. The molecule has 0 aromatic heterocycles. The Morgan fingerprint density at radius 3 is 2.87 bits per heavy atom. The zero-order valence-electron chi connectivity index (χ0n) is 8.36. The van der Waals surface area contributed by atoms with Gasteiger partial charge < -0.3 is 16.4 Å². The van der Waals surface area contributed by atoms with Gasteiger partial charge in [-0.05, 0) is 18.8 Å². The first-order chi connectivity index (χ1) is 7.20. The van der Waals surface area contributed by atoms with Gasteiger partial charge >= 0.3 is 0 Å². The van der Waals surface area contributed by atoms with Crippen molar-refractivity contribution in [3.8, 4) is 0 Å². The highest BCUT2D eigenvalue weighted by Crippen LogP contribution is 2.32. The summed E-state index contributed by atoms with van der Waals surface area (Å²) in [6, 6.07) is -0.296. The van der Waals surface area contributed by atoms with Gasteiger partial charge in [0, 0.05) is 18.3 Å². The van der Waals surface area contributed by atoms with Gasteiger partial charge in [-0.3, -0.25) is 9.59 Å². The summed E-state index contributed by atoms with van der Waals surface area (Å²) in [5.41, 5.74) is 5.58. The minimum absolute atomic E-state index is 0.0833. The fourth-order valence-corrected chi connectivity index (χ4v) is 2.46. The van der Waals surface area contributed by atoms with Gasteiger partial charge in [-0.15, -0.1) is 0 Å². The molecule has 2 fully saturated rings. The average molecular weight is 229 g/mol. The number of hydrogen-bond acceptors (Lipinski definition) is 4. The Morgan fingerprint density at radius 2 is 2.40 bits per heavy atom. The van der Waals surface area contributed by atoms with Crippen LogP contribution in [0, 0.1) is 5.92 Å². The smallest absolute Gasteiger partial charge is 0.279 e. The SMILES string of the molecule is NCC(NC(=O)[C@@H]1CSC(=O)N1)C1CC1. The summed E-state index contributed by atoms with van der Waals surface area (Å²) in [7, 11) is 0. The molecule has 2 aliphatic rings. The van der Waals surface area contributed by atoms with Crippen molar-refractivity contribution in [2.75, 3.05) is 12.3 Å². The van der Waals surface area contributed by atoms with E-state index in [-0.39, 0.29) is 23.2 Å². The van der Waals surface area contributed by atoms with E-state index in [2.05, 4.69) is 10.6 Å². The maximum Gasteiger partial charge on any atom is 0.279 e. The maximum absolute atomic E-state index is 11.7. The number of hydrogen-bond donors (Lipinski definition) is 3. The van der Waals surface area contributed by atoms with E-state index >= 15 is 0 Å². The van der Waals surface area contributed by atoms with Gasteiger partial charge in [0.15, 0.2) is 0 Å². The van der Waals surface area contributed by atoms with Crippen LogP contribution in [-0.2, 0) is 4.79 Å². The van der Waals surface area contributed by atoms with Crippen molar-refractivity contribution in [2.24, 2.45) is 11.7 Å². The third-order valence-corrected chi connectivity index (χ3v) is 3.64. The van der Waals surface area contributed by atoms with E-state index in [4.69, 9.17) is 5.73 Å². The molecule has 0 aromatic carbocycles. The molecule has 1 aliphatic carbocycles. The Balaban J connectivity index is 1.82. The highest BCUT2D eigenvalue weighted by atomic mass is 32.2. The number of thioether (sulfide) groups is 1. The second-order valence-electron chi connectivity index (χ2n) is 3.98. The van der Waals surface area contributed by atoms with Crippen LogP contribution in [0.15, 0.2) is 0 Å². The summed E-state index contributed by atoms with van der Waals surface area (Å²) >= 11 is 1.15. The molecule has 2 amide bonds. The second-order valence-corrected chi connectivity index (χ2v) is 4.98. The van der Waals surface area contributed by atoms with Crippen LogP contribution in [0.5, 0.6) is 0 Å². The van der Waals surface area contributed by atoms with Crippen LogP contribution in [-0.4, -0.2) is 35.5 Å². The number of carbonyl (C=O) groups excluding carboxylic acids is 2. The molecule has 5 nitrogen and oxygen atoms in total. The first-order valence-corrected chi connectivity index (χ1v) is 6.13. The summed E-state index contributed by atoms with van der Waals surface area (Å²) < 4.78 is 0. The van der Waals surface area contributed by atoms with E-state index in [1.54, 1.807) is 0 Å². The van der Waals surface area contributed by atoms with E-state index in [1.165, 1.54) is 0 Å². The predicted octanol–water partition coefficient (Wildman–Crippen LogP) is -0.335. The highest BCUT2D eigenvalue weighted by molar-refractivity contribution is 8.14. The Kier molecular flexibility index (Phi) is 3.16. The lowest BCUT2D eigenvalue weighted by molar-refractivity contribution is -0.123. The molecule has 1 saturated heterocycles. The van der Waals surface area contributed by atoms with E-state index in [0.717, 1.165) is 24.6 Å². The number of amides is 2. The van der Waals surface area contributed by atoms with Crippen molar-refractivity contribution < 1.29 is 9.59 Å². The van der Waals surface area contributed by atoms with E-state index in [9.17, 15) is 9.59 Å². The Bertz CT molecular complexity index is 281. The molecule has 2 rings (SSSR count). The van der Waals surface area contributed by atoms with Crippen LogP contribution < -0.4 is 16.4 Å². The number of rotatable bonds is 4. The van der Waals surface area contributed by atoms with Gasteiger partial charge in [-0.2, -0.15) is 0 Å². The van der Waals surface area contributed by atoms with Crippen molar-refractivity contribution in [1.82, 2.24) is 10.6 Å². The summed E-state index contributed by atoms with van der Waals surface area (Å²) in [5, 5.41) is 5.39. The quantitative estimate of drug-likeness (QED) is 0.616. The lowest BCUT2D eigenvalue weighted by Gasteiger charge is -2.18. The van der Waals surface area contributed by atoms with Crippen molar-refractivity contribution >= 4 is 22.9 Å². The van der Waals surface area contributed by atoms with Crippen LogP contribution in [0.2, 0.25) is 0 Å². The summed E-state index contributed by atoms with van der Waals surface area (Å²) in [5.74, 6) is 0.964. The minimum atomic E-state index is -0.379. The lowest BCUT2D eigenvalue weighted by Crippen LogP contribution is -2.50. The van der Waals surface area contributed by atoms with Gasteiger partial charge in [0.05, 0.1) is 0 Å². The van der Waals surface area contributed by atoms with Crippen LogP contribution in [0.3, 0.4) is 0 Å². The van der Waals surface area contributed by atoms with Gasteiger partial charge in [0.1, 0.15) is 6.04 Å². The number of nitrogens with two attached hydrogens (primary N) is 1. The molecule has 1 saturated carbocycles. The van der Waals surface area contributed by atoms with Gasteiger partial charge in [-0.25, -0.2) is 0 Å². The molecular formula is C9H15N3O2S. The molecule has 0 spiro atoms. The highest BCUT2D eigenvalue weighted by Gasteiger charge is 2.34. The standard InChI is InChI=1S/C9H15N3O2S/c10-3-6(5-1-2-5)11-8(13)7-4-15-9(14)12-7/h5-7H,1-4,10H2,(H,11,13)(H,12,14)/t6?,7-/m0/s1. The zero-order chi connectivity index (χ0) is 10.8. The Morgan fingerprint density at radius 1 is 1.67 bits per heavy atom. The van der Waals surface area contributed by atoms with E-state index in [0.29, 0.717) is 18.2 Å². The average Bonchev–Trinajstić information content (AvgIpc) is 2.97. The molecule has 0 radical (unpaired) electrons. The molecule has 84 valence electrons. The van der Waals surface area contributed by atoms with E-state index < -0.39 is 0 Å². The summed E-state index contributed by atoms with van der Waals surface area (Å²) in [4.78, 5) is 22.6. The van der Waals surface area contributed by atoms with Crippen LogP contribution in [0.4, 0.5) is 4.79 Å². The van der Waals surface area contributed by atoms with Crippen LogP contribution in [0.25, 0.3) is 0 Å². The van der Waals surface area contributed by atoms with Crippen LogP contribution in [0.1, 0.15) is 12.8 Å². The van der Waals surface area contributed by atoms with Gasteiger partial charge in [0.25, 0.3) is 5.24 Å². The van der Waals surface area contributed by atoms with Gasteiger partial charge in [0.2, 0.25) is 5.91 Å². The van der Waals surface area contributed by atoms with Crippen molar-refractivity contribution in [3.05, 3.63) is 0 Å². The first kappa shape index (κ1) is 10.8. The Hall–Kier alpha value is -0.750. The zero-order valence-corrected chi connectivity index (χ0v) is 9.18. The molecule has 4 N–H and O–H groups in total. The van der Waals surface area contributed by atoms with Crippen LogP contribution >= 0.6 is 11.8 Å². The largest absolute Gasteiger partial charge is 0.350 e. The predicted molar refractivity (Wildman–Crippen MR) is 58.5 cm³/mol. The monoisotopic (exact) mass is 229 g/mol. The van der Waals surface area contributed by atoms with Gasteiger partial charge in [-0.1, -0.05) is 11.8 Å². The fraction of sp³-hybridized carbons (Fsp3) is 0.778. The third-order valence-electron chi connectivity index (χ3n) is 2.76. The molecule has 6 heteroatoms. The molecular weight excluding hydrogens is 214 g/mol. The fourth-order valence-electron chi connectivity index (χ4n) is 1.68. The van der Waals surface area contributed by atoms with Crippen molar-refractivity contribution in [1.29, 1.82) is 0 Å². The summed E-state index contributed by atoms with van der Waals surface area (Å²) in [6.45, 7) is 0.476. The van der Waals surface area contributed by atoms with Crippen molar-refractivity contribution in [2.45, 2.75) is 24.9 Å². The maximum atomic E-state index is 11.7. The molecule has 1 unspecified atom stereocenters. The molecule has 1 heterocycles. The van der Waals surface area contributed by atoms with E-state index in [1.807, 2.05) is 0 Å². The Labute approximate surface area is 92.5 Å². The second kappa shape index (κ2) is 4.40. The lowest BCUT2D eigenvalue weighted by atomic mass is 10.1.